The van der Waals surface area contributed by atoms with Gasteiger partial charge in [0.15, 0.2) is 0 Å². The maximum atomic E-state index is 12.6. The standard InChI is InChI=1S/C15H18BrN3O2/c1-18-13-8-11(16)6-5-10(13)9-19(15(18)21)12-4-2-3-7-17-14(12)20/h5-6,8,12H,2-4,7,9H2,1H3,(H,17,20). The van der Waals surface area contributed by atoms with Gasteiger partial charge in [-0.1, -0.05) is 22.0 Å². The molecule has 21 heavy (non-hydrogen) atoms. The number of amides is 3. The quantitative estimate of drug-likeness (QED) is 0.844. The van der Waals surface area contributed by atoms with Crippen LogP contribution in [-0.2, 0) is 11.3 Å². The molecule has 1 aromatic carbocycles. The first-order chi connectivity index (χ1) is 10.1. The fourth-order valence-electron chi connectivity index (χ4n) is 2.99. The average molecular weight is 352 g/mol. The summed E-state index contributed by atoms with van der Waals surface area (Å²) in [6.45, 7) is 1.20. The van der Waals surface area contributed by atoms with E-state index in [-0.39, 0.29) is 18.0 Å². The lowest BCUT2D eigenvalue weighted by molar-refractivity contribution is -0.125. The van der Waals surface area contributed by atoms with E-state index in [0.717, 1.165) is 35.0 Å². The van der Waals surface area contributed by atoms with E-state index >= 15 is 0 Å². The number of nitrogens with zero attached hydrogens (tertiary/aromatic N) is 2. The summed E-state index contributed by atoms with van der Waals surface area (Å²) in [5.74, 6) is -0.0326. The van der Waals surface area contributed by atoms with Gasteiger partial charge in [0.1, 0.15) is 6.04 Å². The fraction of sp³-hybridized carbons (Fsp3) is 0.467. The highest BCUT2D eigenvalue weighted by Gasteiger charge is 2.36. The summed E-state index contributed by atoms with van der Waals surface area (Å²) in [5.41, 5.74) is 1.97. The van der Waals surface area contributed by atoms with Crippen molar-refractivity contribution in [3.05, 3.63) is 28.2 Å². The van der Waals surface area contributed by atoms with Crippen molar-refractivity contribution in [1.29, 1.82) is 0 Å². The molecule has 1 unspecified atom stereocenters. The van der Waals surface area contributed by atoms with Gasteiger partial charge in [0.25, 0.3) is 0 Å². The Morgan fingerprint density at radius 2 is 2.10 bits per heavy atom. The molecule has 1 aromatic rings. The molecule has 5 nitrogen and oxygen atoms in total. The first-order valence-corrected chi connectivity index (χ1v) is 7.97. The second-order valence-corrected chi connectivity index (χ2v) is 6.46. The molecule has 0 bridgehead atoms. The molecule has 2 aliphatic rings. The van der Waals surface area contributed by atoms with Crippen molar-refractivity contribution < 1.29 is 9.59 Å². The van der Waals surface area contributed by atoms with Gasteiger partial charge in [0, 0.05) is 18.1 Å². The van der Waals surface area contributed by atoms with Gasteiger partial charge >= 0.3 is 6.03 Å². The third-order valence-corrected chi connectivity index (χ3v) is 4.66. The van der Waals surface area contributed by atoms with E-state index < -0.39 is 0 Å². The van der Waals surface area contributed by atoms with Crippen LogP contribution in [0, 0.1) is 0 Å². The maximum Gasteiger partial charge on any atom is 0.325 e. The summed E-state index contributed by atoms with van der Waals surface area (Å²) < 4.78 is 0.946. The number of urea groups is 1. The summed E-state index contributed by atoms with van der Waals surface area (Å²) in [6, 6.07) is 5.44. The number of benzene rings is 1. The van der Waals surface area contributed by atoms with E-state index in [1.807, 2.05) is 18.2 Å². The minimum atomic E-state index is -0.362. The van der Waals surface area contributed by atoms with Gasteiger partial charge in [-0.25, -0.2) is 4.79 Å². The van der Waals surface area contributed by atoms with Crippen molar-refractivity contribution in [3.63, 3.8) is 0 Å². The number of hydrogen-bond acceptors (Lipinski definition) is 2. The van der Waals surface area contributed by atoms with Crippen molar-refractivity contribution in [2.24, 2.45) is 0 Å². The number of carbonyl (C=O) groups excluding carboxylic acids is 2. The first kappa shape index (κ1) is 14.4. The molecule has 3 amide bonds. The first-order valence-electron chi connectivity index (χ1n) is 7.18. The highest BCUT2D eigenvalue weighted by Crippen LogP contribution is 2.32. The SMILES string of the molecule is CN1C(=O)N(C2CCCCNC2=O)Cc2ccc(Br)cc21. The Kier molecular flexibility index (Phi) is 3.89. The molecule has 1 atom stereocenters. The number of rotatable bonds is 1. The predicted octanol–water partition coefficient (Wildman–Crippen LogP) is 2.49. The van der Waals surface area contributed by atoms with E-state index in [2.05, 4.69) is 21.2 Å². The van der Waals surface area contributed by atoms with Crippen LogP contribution in [0.2, 0.25) is 0 Å². The largest absolute Gasteiger partial charge is 0.354 e. The lowest BCUT2D eigenvalue weighted by atomic mass is 10.0. The highest BCUT2D eigenvalue weighted by atomic mass is 79.9. The van der Waals surface area contributed by atoms with Crippen molar-refractivity contribution >= 4 is 33.6 Å². The van der Waals surface area contributed by atoms with Gasteiger partial charge in [-0.2, -0.15) is 0 Å². The summed E-state index contributed by atoms with van der Waals surface area (Å²) in [4.78, 5) is 28.1. The van der Waals surface area contributed by atoms with Crippen molar-refractivity contribution in [2.75, 3.05) is 18.5 Å². The van der Waals surface area contributed by atoms with Crippen LogP contribution in [0.5, 0.6) is 0 Å². The van der Waals surface area contributed by atoms with Gasteiger partial charge in [0.05, 0.1) is 12.2 Å². The molecule has 0 aliphatic carbocycles. The molecule has 1 saturated heterocycles. The van der Waals surface area contributed by atoms with Crippen molar-refractivity contribution in [1.82, 2.24) is 10.2 Å². The van der Waals surface area contributed by atoms with E-state index in [9.17, 15) is 9.59 Å². The zero-order chi connectivity index (χ0) is 15.0. The predicted molar refractivity (Wildman–Crippen MR) is 84.1 cm³/mol. The number of halogens is 1. The van der Waals surface area contributed by atoms with Crippen LogP contribution in [0.15, 0.2) is 22.7 Å². The molecule has 0 radical (unpaired) electrons. The molecule has 0 aromatic heterocycles. The van der Waals surface area contributed by atoms with Crippen LogP contribution in [0.25, 0.3) is 0 Å². The summed E-state index contributed by atoms with van der Waals surface area (Å²) >= 11 is 3.43. The molecular formula is C15H18BrN3O2. The van der Waals surface area contributed by atoms with Crippen LogP contribution in [0.1, 0.15) is 24.8 Å². The second kappa shape index (κ2) is 5.67. The molecule has 2 heterocycles. The number of anilines is 1. The third kappa shape index (κ3) is 2.64. The van der Waals surface area contributed by atoms with Crippen LogP contribution >= 0.6 is 15.9 Å². The minimum absolute atomic E-state index is 0.0326. The van der Waals surface area contributed by atoms with Gasteiger partial charge in [-0.05, 0) is 37.0 Å². The molecule has 0 spiro atoms. The van der Waals surface area contributed by atoms with Crippen LogP contribution in [-0.4, -0.2) is 36.5 Å². The Bertz CT molecular complexity index is 590. The van der Waals surface area contributed by atoms with E-state index in [0.29, 0.717) is 13.1 Å². The lowest BCUT2D eigenvalue weighted by Gasteiger charge is -2.38. The smallest absolute Gasteiger partial charge is 0.325 e. The Morgan fingerprint density at radius 3 is 2.90 bits per heavy atom. The van der Waals surface area contributed by atoms with E-state index in [1.165, 1.54) is 0 Å². The molecule has 6 heteroatoms. The van der Waals surface area contributed by atoms with Crippen molar-refractivity contribution in [2.45, 2.75) is 31.8 Å². The Hall–Kier alpha value is -1.56. The van der Waals surface area contributed by atoms with E-state index in [4.69, 9.17) is 0 Å². The summed E-state index contributed by atoms with van der Waals surface area (Å²) in [7, 11) is 1.76. The number of fused-ring (bicyclic) bond motifs is 1. The highest BCUT2D eigenvalue weighted by molar-refractivity contribution is 9.10. The number of carbonyl (C=O) groups is 2. The van der Waals surface area contributed by atoms with Gasteiger partial charge in [-0.3, -0.25) is 9.69 Å². The minimum Gasteiger partial charge on any atom is -0.354 e. The number of hydrogen-bond donors (Lipinski definition) is 1. The van der Waals surface area contributed by atoms with Crippen LogP contribution < -0.4 is 10.2 Å². The van der Waals surface area contributed by atoms with Crippen molar-refractivity contribution in [3.8, 4) is 0 Å². The van der Waals surface area contributed by atoms with Crippen LogP contribution in [0.3, 0.4) is 0 Å². The maximum absolute atomic E-state index is 12.6. The molecule has 112 valence electrons. The molecule has 1 N–H and O–H groups in total. The molecule has 3 rings (SSSR count). The zero-order valence-corrected chi connectivity index (χ0v) is 13.5. The average Bonchev–Trinajstić information content (AvgIpc) is 2.68. The van der Waals surface area contributed by atoms with E-state index in [1.54, 1.807) is 16.8 Å². The lowest BCUT2D eigenvalue weighted by Crippen LogP contribution is -2.54. The normalized spacial score (nSPS) is 22.7. The topological polar surface area (TPSA) is 52.7 Å². The van der Waals surface area contributed by atoms with Crippen LogP contribution in [0.4, 0.5) is 10.5 Å². The molecule has 2 aliphatic heterocycles. The summed E-state index contributed by atoms with van der Waals surface area (Å²) in [6.07, 6.45) is 2.67. The fourth-order valence-corrected chi connectivity index (χ4v) is 3.34. The van der Waals surface area contributed by atoms with Gasteiger partial charge in [-0.15, -0.1) is 0 Å². The number of nitrogens with one attached hydrogen (secondary N) is 1. The zero-order valence-electron chi connectivity index (χ0n) is 11.9. The van der Waals surface area contributed by atoms with Gasteiger partial charge in [0.2, 0.25) is 5.91 Å². The van der Waals surface area contributed by atoms with Gasteiger partial charge < -0.3 is 10.2 Å². The third-order valence-electron chi connectivity index (χ3n) is 4.16. The monoisotopic (exact) mass is 351 g/mol. The molecular weight excluding hydrogens is 334 g/mol. The molecule has 1 fully saturated rings. The molecule has 0 saturated carbocycles. The summed E-state index contributed by atoms with van der Waals surface area (Å²) in [5, 5.41) is 2.90. The Labute approximate surface area is 132 Å². The Balaban J connectivity index is 1.92. The second-order valence-electron chi connectivity index (χ2n) is 5.55. The Morgan fingerprint density at radius 1 is 1.29 bits per heavy atom.